The second-order valence-corrected chi connectivity index (χ2v) is 6.65. The van der Waals surface area contributed by atoms with Crippen LogP contribution in [0.2, 0.25) is 0 Å². The highest BCUT2D eigenvalue weighted by atomic mass is 16.3. The Bertz CT molecular complexity index is 639. The van der Waals surface area contributed by atoms with Gasteiger partial charge < -0.3 is 10.0 Å². The van der Waals surface area contributed by atoms with E-state index < -0.39 is 0 Å². The van der Waals surface area contributed by atoms with Gasteiger partial charge in [0.2, 0.25) is 5.91 Å². The van der Waals surface area contributed by atoms with Gasteiger partial charge in [-0.2, -0.15) is 0 Å². The summed E-state index contributed by atoms with van der Waals surface area (Å²) < 4.78 is 1.64. The summed E-state index contributed by atoms with van der Waals surface area (Å²) in [6.45, 7) is 2.13. The molecule has 1 aromatic carbocycles. The van der Waals surface area contributed by atoms with Gasteiger partial charge in [-0.1, -0.05) is 30.3 Å². The summed E-state index contributed by atoms with van der Waals surface area (Å²) in [6, 6.07) is 10.1. The summed E-state index contributed by atoms with van der Waals surface area (Å²) in [5.41, 5.74) is 1.16. The average molecular weight is 343 g/mol. The molecule has 7 heteroatoms. The van der Waals surface area contributed by atoms with E-state index in [0.717, 1.165) is 37.9 Å². The summed E-state index contributed by atoms with van der Waals surface area (Å²) in [6.07, 6.45) is 4.89. The van der Waals surface area contributed by atoms with Crippen molar-refractivity contribution in [1.29, 1.82) is 0 Å². The maximum absolute atomic E-state index is 12.3. The van der Waals surface area contributed by atoms with Gasteiger partial charge in [0.25, 0.3) is 0 Å². The van der Waals surface area contributed by atoms with Crippen LogP contribution in [-0.2, 0) is 17.8 Å². The summed E-state index contributed by atoms with van der Waals surface area (Å²) in [5, 5.41) is 21.4. The van der Waals surface area contributed by atoms with Crippen LogP contribution in [-0.4, -0.2) is 55.3 Å². The fourth-order valence-corrected chi connectivity index (χ4v) is 3.39. The first kappa shape index (κ1) is 17.5. The first-order chi connectivity index (χ1) is 12.2. The van der Waals surface area contributed by atoms with Gasteiger partial charge in [-0.05, 0) is 47.6 Å². The molecule has 1 amide bonds. The van der Waals surface area contributed by atoms with E-state index in [4.69, 9.17) is 0 Å². The molecule has 0 radical (unpaired) electrons. The van der Waals surface area contributed by atoms with Crippen molar-refractivity contribution in [3.63, 3.8) is 0 Å². The highest BCUT2D eigenvalue weighted by molar-refractivity contribution is 5.76. The monoisotopic (exact) mass is 343 g/mol. The Kier molecular flexibility index (Phi) is 6.11. The SMILES string of the molecule is O=C(CCCn1cnnn1)N1CCC([C@@H](O)Cc2ccccc2)CC1. The van der Waals surface area contributed by atoms with E-state index in [-0.39, 0.29) is 17.9 Å². The highest BCUT2D eigenvalue weighted by Crippen LogP contribution is 2.23. The number of amides is 1. The number of hydrogen-bond donors (Lipinski definition) is 1. The molecule has 3 rings (SSSR count). The molecule has 1 saturated heterocycles. The van der Waals surface area contributed by atoms with Crippen molar-refractivity contribution in [2.24, 2.45) is 5.92 Å². The molecule has 7 nitrogen and oxygen atoms in total. The fraction of sp³-hybridized carbons (Fsp3) is 0.556. The number of carbonyl (C=O) groups excluding carboxylic acids is 1. The predicted octanol–water partition coefficient (Wildman–Crippen LogP) is 1.30. The van der Waals surface area contributed by atoms with Gasteiger partial charge in [-0.25, -0.2) is 4.68 Å². The summed E-state index contributed by atoms with van der Waals surface area (Å²) in [5.74, 6) is 0.453. The van der Waals surface area contributed by atoms with Crippen LogP contribution in [0.3, 0.4) is 0 Å². The van der Waals surface area contributed by atoms with Crippen LogP contribution in [0.1, 0.15) is 31.2 Å². The molecule has 0 aliphatic carbocycles. The highest BCUT2D eigenvalue weighted by Gasteiger charge is 2.27. The van der Waals surface area contributed by atoms with E-state index in [9.17, 15) is 9.90 Å². The minimum atomic E-state index is -0.334. The number of carbonyl (C=O) groups is 1. The number of aliphatic hydroxyl groups excluding tert-OH is 1. The number of nitrogens with zero attached hydrogens (tertiary/aromatic N) is 5. The lowest BCUT2D eigenvalue weighted by atomic mass is 9.88. The van der Waals surface area contributed by atoms with Crippen molar-refractivity contribution in [2.45, 2.75) is 44.8 Å². The number of piperidine rings is 1. The molecular formula is C18H25N5O2. The molecule has 134 valence electrons. The van der Waals surface area contributed by atoms with Gasteiger partial charge in [0.15, 0.2) is 0 Å². The first-order valence-electron chi connectivity index (χ1n) is 8.93. The Morgan fingerprint density at radius 2 is 2.00 bits per heavy atom. The minimum Gasteiger partial charge on any atom is -0.392 e. The third kappa shape index (κ3) is 5.09. The predicted molar refractivity (Wildman–Crippen MR) is 92.5 cm³/mol. The van der Waals surface area contributed by atoms with E-state index >= 15 is 0 Å². The number of likely N-dealkylation sites (tertiary alicyclic amines) is 1. The van der Waals surface area contributed by atoms with E-state index in [2.05, 4.69) is 15.5 Å². The molecule has 0 unspecified atom stereocenters. The Morgan fingerprint density at radius 1 is 1.24 bits per heavy atom. The number of aryl methyl sites for hydroxylation is 1. The molecule has 1 N–H and O–H groups in total. The number of rotatable bonds is 7. The minimum absolute atomic E-state index is 0.184. The van der Waals surface area contributed by atoms with E-state index in [1.54, 1.807) is 11.0 Å². The Labute approximate surface area is 147 Å². The van der Waals surface area contributed by atoms with Gasteiger partial charge in [0.1, 0.15) is 6.33 Å². The zero-order valence-corrected chi connectivity index (χ0v) is 14.4. The Morgan fingerprint density at radius 3 is 2.68 bits per heavy atom. The summed E-state index contributed by atoms with van der Waals surface area (Å²) in [4.78, 5) is 14.2. The van der Waals surface area contributed by atoms with Crippen LogP contribution >= 0.6 is 0 Å². The van der Waals surface area contributed by atoms with Gasteiger partial charge in [0, 0.05) is 26.1 Å². The quantitative estimate of drug-likeness (QED) is 0.819. The molecule has 0 bridgehead atoms. The lowest BCUT2D eigenvalue weighted by Crippen LogP contribution is -2.41. The maximum atomic E-state index is 12.3. The molecular weight excluding hydrogens is 318 g/mol. The van der Waals surface area contributed by atoms with Gasteiger partial charge in [-0.3, -0.25) is 4.79 Å². The molecule has 25 heavy (non-hydrogen) atoms. The summed E-state index contributed by atoms with van der Waals surface area (Å²) >= 11 is 0. The number of benzene rings is 1. The number of aromatic nitrogens is 4. The second-order valence-electron chi connectivity index (χ2n) is 6.65. The molecule has 1 aliphatic rings. The molecule has 1 fully saturated rings. The molecule has 2 aromatic rings. The zero-order valence-electron chi connectivity index (χ0n) is 14.4. The first-order valence-corrected chi connectivity index (χ1v) is 8.93. The lowest BCUT2D eigenvalue weighted by Gasteiger charge is -2.34. The van der Waals surface area contributed by atoms with Crippen LogP contribution in [0.15, 0.2) is 36.7 Å². The topological polar surface area (TPSA) is 84.1 Å². The number of hydrogen-bond acceptors (Lipinski definition) is 5. The molecule has 1 atom stereocenters. The lowest BCUT2D eigenvalue weighted by molar-refractivity contribution is -0.133. The Balaban J connectivity index is 1.38. The van der Waals surface area contributed by atoms with Crippen molar-refractivity contribution >= 4 is 5.91 Å². The van der Waals surface area contributed by atoms with Crippen molar-refractivity contribution < 1.29 is 9.90 Å². The van der Waals surface area contributed by atoms with Gasteiger partial charge >= 0.3 is 0 Å². The largest absolute Gasteiger partial charge is 0.392 e. The molecule has 0 saturated carbocycles. The van der Waals surface area contributed by atoms with Crippen LogP contribution in [0.5, 0.6) is 0 Å². The zero-order chi connectivity index (χ0) is 17.5. The number of tetrazole rings is 1. The van der Waals surface area contributed by atoms with E-state index in [1.807, 2.05) is 35.2 Å². The third-order valence-electron chi connectivity index (χ3n) is 4.89. The van der Waals surface area contributed by atoms with Crippen LogP contribution < -0.4 is 0 Å². The van der Waals surface area contributed by atoms with Crippen molar-refractivity contribution in [2.75, 3.05) is 13.1 Å². The molecule has 1 aliphatic heterocycles. The van der Waals surface area contributed by atoms with E-state index in [1.165, 1.54) is 0 Å². The molecule has 0 spiro atoms. The van der Waals surface area contributed by atoms with Crippen molar-refractivity contribution in [3.05, 3.63) is 42.2 Å². The maximum Gasteiger partial charge on any atom is 0.222 e. The van der Waals surface area contributed by atoms with Crippen molar-refractivity contribution in [3.8, 4) is 0 Å². The van der Waals surface area contributed by atoms with Gasteiger partial charge in [-0.15, -0.1) is 5.10 Å². The van der Waals surface area contributed by atoms with E-state index in [0.29, 0.717) is 19.4 Å². The molecule has 2 heterocycles. The standard InChI is InChI=1S/C18H25N5O2/c24-17(13-15-5-2-1-3-6-15)16-8-11-22(12-9-16)18(25)7-4-10-23-14-19-20-21-23/h1-3,5-6,14,16-17,24H,4,7-13H2/t17-/m0/s1. The molecule has 1 aromatic heterocycles. The Hall–Kier alpha value is -2.28. The normalized spacial score (nSPS) is 16.8. The van der Waals surface area contributed by atoms with Crippen LogP contribution in [0, 0.1) is 5.92 Å². The third-order valence-corrected chi connectivity index (χ3v) is 4.89. The smallest absolute Gasteiger partial charge is 0.222 e. The number of aliphatic hydroxyl groups is 1. The summed E-state index contributed by atoms with van der Waals surface area (Å²) in [7, 11) is 0. The second kappa shape index (κ2) is 8.71. The average Bonchev–Trinajstić information content (AvgIpc) is 3.16. The van der Waals surface area contributed by atoms with Crippen LogP contribution in [0.4, 0.5) is 0 Å². The van der Waals surface area contributed by atoms with Gasteiger partial charge in [0.05, 0.1) is 6.10 Å². The van der Waals surface area contributed by atoms with Crippen molar-refractivity contribution in [1.82, 2.24) is 25.1 Å². The fourth-order valence-electron chi connectivity index (χ4n) is 3.39. The van der Waals surface area contributed by atoms with Crippen LogP contribution in [0.25, 0.3) is 0 Å².